The first-order valence-corrected chi connectivity index (χ1v) is 8.77. The molecular weight excluding hydrogens is 401 g/mol. The highest BCUT2D eigenvalue weighted by atomic mass is 35.5. The van der Waals surface area contributed by atoms with Gasteiger partial charge in [-0.25, -0.2) is 0 Å². The molecule has 0 aliphatic carbocycles. The van der Waals surface area contributed by atoms with Crippen molar-refractivity contribution in [3.8, 4) is 5.75 Å². The van der Waals surface area contributed by atoms with Gasteiger partial charge in [0.15, 0.2) is 0 Å². The minimum Gasteiger partial charge on any atom is -0.489 e. The summed E-state index contributed by atoms with van der Waals surface area (Å²) in [5.74, 6) is -0.152. The quantitative estimate of drug-likeness (QED) is 0.419. The van der Waals surface area contributed by atoms with Crippen LogP contribution >= 0.6 is 23.2 Å². The van der Waals surface area contributed by atoms with Gasteiger partial charge in [0.1, 0.15) is 18.1 Å². The number of amides is 1. The molecule has 0 spiro atoms. The largest absolute Gasteiger partial charge is 0.489 e. The van der Waals surface area contributed by atoms with E-state index in [-0.39, 0.29) is 18.0 Å². The SMILES string of the molecule is N=C(c1ccc(C(N)=O)nc1)c1cc(OCc2c(Cl)cncc2Cl)ccc1N. The van der Waals surface area contributed by atoms with Crippen LogP contribution in [0.1, 0.15) is 27.2 Å². The number of nitrogens with zero attached hydrogens (tertiary/aromatic N) is 2. The number of ether oxygens (including phenoxy) is 1. The molecule has 3 rings (SSSR count). The smallest absolute Gasteiger partial charge is 0.267 e. The highest BCUT2D eigenvalue weighted by Gasteiger charge is 2.13. The molecule has 0 aliphatic rings. The monoisotopic (exact) mass is 415 g/mol. The minimum atomic E-state index is -0.638. The Morgan fingerprint density at radius 3 is 2.43 bits per heavy atom. The van der Waals surface area contributed by atoms with E-state index in [4.69, 9.17) is 44.8 Å². The number of hydrogen-bond acceptors (Lipinski definition) is 6. The molecule has 0 fully saturated rings. The van der Waals surface area contributed by atoms with Crippen LogP contribution in [0.25, 0.3) is 0 Å². The van der Waals surface area contributed by atoms with Crippen molar-refractivity contribution >= 4 is 40.5 Å². The van der Waals surface area contributed by atoms with Crippen molar-refractivity contribution in [3.63, 3.8) is 0 Å². The number of benzene rings is 1. The molecule has 0 atom stereocenters. The molecule has 7 nitrogen and oxygen atoms in total. The van der Waals surface area contributed by atoms with Gasteiger partial charge in [0.2, 0.25) is 0 Å². The van der Waals surface area contributed by atoms with Gasteiger partial charge in [-0.2, -0.15) is 0 Å². The average molecular weight is 416 g/mol. The molecule has 1 amide bonds. The number of pyridine rings is 2. The fourth-order valence-electron chi connectivity index (χ4n) is 2.42. The highest BCUT2D eigenvalue weighted by molar-refractivity contribution is 6.35. The molecule has 2 aromatic heterocycles. The summed E-state index contributed by atoms with van der Waals surface area (Å²) in [4.78, 5) is 19.0. The molecule has 5 N–H and O–H groups in total. The second-order valence-electron chi connectivity index (χ2n) is 5.79. The molecule has 3 aromatic rings. The van der Waals surface area contributed by atoms with E-state index in [0.717, 1.165) is 0 Å². The van der Waals surface area contributed by atoms with Gasteiger partial charge in [0, 0.05) is 41.0 Å². The van der Waals surface area contributed by atoms with E-state index in [1.54, 1.807) is 24.3 Å². The van der Waals surface area contributed by atoms with Gasteiger partial charge in [0.25, 0.3) is 5.91 Å². The Kier molecular flexibility index (Phi) is 5.77. The third kappa shape index (κ3) is 4.21. The van der Waals surface area contributed by atoms with Gasteiger partial charge in [-0.05, 0) is 30.3 Å². The lowest BCUT2D eigenvalue weighted by atomic mass is 10.0. The summed E-state index contributed by atoms with van der Waals surface area (Å²) in [6, 6.07) is 8.00. The second-order valence-corrected chi connectivity index (χ2v) is 6.61. The predicted molar refractivity (Wildman–Crippen MR) is 108 cm³/mol. The third-order valence-corrected chi connectivity index (χ3v) is 4.59. The number of halogens is 2. The van der Waals surface area contributed by atoms with Gasteiger partial charge in [-0.3, -0.25) is 20.2 Å². The first kappa shape index (κ1) is 19.6. The normalized spacial score (nSPS) is 10.5. The summed E-state index contributed by atoms with van der Waals surface area (Å²) in [6.07, 6.45) is 4.36. The first-order valence-electron chi connectivity index (χ1n) is 8.02. The number of carbonyl (C=O) groups excluding carboxylic acids is 1. The Bertz CT molecular complexity index is 1030. The van der Waals surface area contributed by atoms with Crippen LogP contribution in [0.3, 0.4) is 0 Å². The van der Waals surface area contributed by atoms with Gasteiger partial charge in [0.05, 0.1) is 15.8 Å². The van der Waals surface area contributed by atoms with Crippen LogP contribution in [0, 0.1) is 5.41 Å². The number of nitrogen functional groups attached to an aromatic ring is 1. The minimum absolute atomic E-state index is 0.118. The van der Waals surface area contributed by atoms with Crippen molar-refractivity contribution in [2.75, 3.05) is 5.73 Å². The molecule has 0 saturated carbocycles. The van der Waals surface area contributed by atoms with Crippen LogP contribution in [0.5, 0.6) is 5.75 Å². The number of aromatic nitrogens is 2. The Morgan fingerprint density at radius 1 is 1.11 bits per heavy atom. The number of rotatable bonds is 6. The molecular formula is C19H15Cl2N5O2. The maximum Gasteiger partial charge on any atom is 0.267 e. The number of nitrogens with two attached hydrogens (primary N) is 2. The molecule has 0 radical (unpaired) electrons. The summed E-state index contributed by atoms with van der Waals surface area (Å²) >= 11 is 12.2. The molecule has 0 aliphatic heterocycles. The molecule has 9 heteroatoms. The van der Waals surface area contributed by atoms with Crippen LogP contribution < -0.4 is 16.2 Å². The number of hydrogen-bond donors (Lipinski definition) is 3. The fourth-order valence-corrected chi connectivity index (χ4v) is 2.89. The number of nitrogens with one attached hydrogen (secondary N) is 1. The van der Waals surface area contributed by atoms with Crippen LogP contribution in [0.4, 0.5) is 5.69 Å². The zero-order valence-electron chi connectivity index (χ0n) is 14.4. The second kappa shape index (κ2) is 8.24. The lowest BCUT2D eigenvalue weighted by molar-refractivity contribution is 0.0995. The molecule has 0 unspecified atom stereocenters. The third-order valence-electron chi connectivity index (χ3n) is 3.93. The average Bonchev–Trinajstić information content (AvgIpc) is 2.68. The van der Waals surface area contributed by atoms with E-state index in [1.807, 2.05) is 0 Å². The Hall–Kier alpha value is -3.16. The lowest BCUT2D eigenvalue weighted by Gasteiger charge is -2.13. The number of carbonyl (C=O) groups is 1. The number of anilines is 1. The summed E-state index contributed by atoms with van der Waals surface area (Å²) in [5, 5.41) is 9.21. The van der Waals surface area contributed by atoms with Crippen molar-refractivity contribution in [1.82, 2.24) is 9.97 Å². The van der Waals surface area contributed by atoms with Crippen molar-refractivity contribution in [1.29, 1.82) is 5.41 Å². The zero-order chi connectivity index (χ0) is 20.3. The van der Waals surface area contributed by atoms with Crippen molar-refractivity contribution in [3.05, 3.63) is 81.4 Å². The van der Waals surface area contributed by atoms with Crippen molar-refractivity contribution < 1.29 is 9.53 Å². The van der Waals surface area contributed by atoms with Gasteiger partial charge in [-0.15, -0.1) is 0 Å². The van der Waals surface area contributed by atoms with Crippen LogP contribution in [-0.2, 0) is 6.61 Å². The molecule has 0 saturated heterocycles. The van der Waals surface area contributed by atoms with E-state index >= 15 is 0 Å². The summed E-state index contributed by atoms with van der Waals surface area (Å²) < 4.78 is 5.76. The number of primary amides is 1. The zero-order valence-corrected chi connectivity index (χ0v) is 16.0. The van der Waals surface area contributed by atoms with Gasteiger partial charge < -0.3 is 16.2 Å². The van der Waals surface area contributed by atoms with E-state index in [1.165, 1.54) is 24.7 Å². The first-order chi connectivity index (χ1) is 13.4. The summed E-state index contributed by atoms with van der Waals surface area (Å²) in [7, 11) is 0. The molecule has 0 bridgehead atoms. The van der Waals surface area contributed by atoms with Crippen molar-refractivity contribution in [2.24, 2.45) is 5.73 Å². The summed E-state index contributed by atoms with van der Waals surface area (Å²) in [5.41, 5.74) is 13.4. The topological polar surface area (TPSA) is 128 Å². The van der Waals surface area contributed by atoms with Gasteiger partial charge in [-0.1, -0.05) is 23.2 Å². The summed E-state index contributed by atoms with van der Waals surface area (Å²) in [6.45, 7) is 0.131. The van der Waals surface area contributed by atoms with E-state index in [2.05, 4.69) is 9.97 Å². The van der Waals surface area contributed by atoms with Crippen LogP contribution in [-0.4, -0.2) is 21.6 Å². The predicted octanol–water partition coefficient (Wildman–Crippen LogP) is 3.46. The standard InChI is InChI=1S/C19H15Cl2N5O2/c20-14-7-25-8-15(21)13(14)9-28-11-2-3-16(22)12(5-11)18(23)10-1-4-17(19(24)27)26-6-10/h1-8,23H,9,22H2,(H2,24,27). The molecule has 28 heavy (non-hydrogen) atoms. The molecule has 2 heterocycles. The Balaban J connectivity index is 1.83. The maximum atomic E-state index is 11.1. The fraction of sp³-hybridized carbons (Fsp3) is 0.0526. The highest BCUT2D eigenvalue weighted by Crippen LogP contribution is 2.27. The Labute approximate surface area is 170 Å². The maximum absolute atomic E-state index is 11.1. The molecule has 1 aromatic carbocycles. The van der Waals surface area contributed by atoms with E-state index in [0.29, 0.717) is 38.2 Å². The van der Waals surface area contributed by atoms with E-state index in [9.17, 15) is 4.79 Å². The van der Waals surface area contributed by atoms with E-state index < -0.39 is 5.91 Å². The van der Waals surface area contributed by atoms with Crippen LogP contribution in [0.15, 0.2) is 48.9 Å². The Morgan fingerprint density at radius 2 is 1.82 bits per heavy atom. The van der Waals surface area contributed by atoms with Crippen LogP contribution in [0.2, 0.25) is 10.0 Å². The van der Waals surface area contributed by atoms with Crippen molar-refractivity contribution in [2.45, 2.75) is 6.61 Å². The lowest BCUT2D eigenvalue weighted by Crippen LogP contribution is -2.14. The van der Waals surface area contributed by atoms with Gasteiger partial charge >= 0.3 is 0 Å². The molecule has 142 valence electrons.